The Balaban J connectivity index is 3.25. The van der Waals surface area contributed by atoms with Gasteiger partial charge in [0.1, 0.15) is 12.8 Å². The molecule has 0 aromatic rings. The second-order valence-electron chi connectivity index (χ2n) is 2.12. The quantitative estimate of drug-likeness (QED) is 0.276. The largest absolute Gasteiger partial charge is 0.480 e. The number of carbonyl (C=O) groups is 1. The maximum absolute atomic E-state index is 9.97. The first-order valence-corrected chi connectivity index (χ1v) is 3.62. The van der Waals surface area contributed by atoms with Gasteiger partial charge in [-0.25, -0.2) is 4.79 Å². The van der Waals surface area contributed by atoms with Gasteiger partial charge in [-0.1, -0.05) is 5.11 Å². The van der Waals surface area contributed by atoms with Gasteiger partial charge in [-0.05, 0) is 12.5 Å². The molecule has 0 radical (unpaired) electrons. The van der Waals surface area contributed by atoms with E-state index in [1.165, 1.54) is 0 Å². The van der Waals surface area contributed by atoms with Gasteiger partial charge in [-0.15, -0.1) is 0 Å². The monoisotopic (exact) mass is 189 g/mol. The summed E-state index contributed by atoms with van der Waals surface area (Å²) in [6.45, 7) is 1.60. The molecule has 0 saturated carbocycles. The average Bonchev–Trinajstić information content (AvgIpc) is 2.03. The summed E-state index contributed by atoms with van der Waals surface area (Å²) in [6, 6.07) is 0. The van der Waals surface area contributed by atoms with E-state index in [9.17, 15) is 4.79 Å². The Morgan fingerprint density at radius 3 is 2.92 bits per heavy atom. The fourth-order valence-corrected chi connectivity index (χ4v) is 0.543. The molecule has 0 bridgehead atoms. The van der Waals surface area contributed by atoms with Crippen LogP contribution in [-0.4, -0.2) is 37.1 Å². The molecule has 74 valence electrons. The topological polar surface area (TPSA) is 105 Å². The number of carboxylic acid groups (broad SMARTS) is 1. The van der Waals surface area contributed by atoms with Crippen LogP contribution in [0.5, 0.6) is 0 Å². The van der Waals surface area contributed by atoms with E-state index < -0.39 is 12.2 Å². The lowest BCUT2D eigenvalue weighted by Crippen LogP contribution is -2.14. The van der Waals surface area contributed by atoms with Gasteiger partial charge < -0.3 is 14.6 Å². The molecule has 0 aromatic heterocycles. The Bertz CT molecular complexity index is 202. The fourth-order valence-electron chi connectivity index (χ4n) is 0.543. The molecule has 1 N–H and O–H groups in total. The Labute approximate surface area is 74.9 Å². The van der Waals surface area contributed by atoms with Crippen LogP contribution in [0.1, 0.15) is 6.92 Å². The summed E-state index contributed by atoms with van der Waals surface area (Å²) in [6.07, 6.45) is -0.557. The van der Waals surface area contributed by atoms with Crippen molar-refractivity contribution in [2.75, 3.05) is 19.8 Å². The molecule has 0 fully saturated rings. The van der Waals surface area contributed by atoms with Crippen LogP contribution in [0.3, 0.4) is 0 Å². The van der Waals surface area contributed by atoms with Crippen LogP contribution in [0.25, 0.3) is 10.4 Å². The Morgan fingerprint density at radius 1 is 1.69 bits per heavy atom. The summed E-state index contributed by atoms with van der Waals surface area (Å²) in [5.74, 6) is -1.02. The van der Waals surface area contributed by atoms with Crippen LogP contribution in [0.15, 0.2) is 5.11 Å². The van der Waals surface area contributed by atoms with Gasteiger partial charge in [0.15, 0.2) is 0 Å². The summed E-state index contributed by atoms with van der Waals surface area (Å²) in [5, 5.41) is 11.4. The van der Waals surface area contributed by atoms with E-state index in [0.717, 1.165) is 0 Å². The first-order chi connectivity index (χ1) is 6.16. The smallest absolute Gasteiger partial charge is 0.329 e. The van der Waals surface area contributed by atoms with Crippen molar-refractivity contribution in [2.45, 2.75) is 13.2 Å². The lowest BCUT2D eigenvalue weighted by Gasteiger charge is -2.06. The highest BCUT2D eigenvalue weighted by atomic mass is 16.5. The number of hydrogen-bond donors (Lipinski definition) is 1. The molecule has 13 heavy (non-hydrogen) atoms. The lowest BCUT2D eigenvalue weighted by atomic mass is 10.6. The van der Waals surface area contributed by atoms with Crippen LogP contribution >= 0.6 is 0 Å². The van der Waals surface area contributed by atoms with Crippen molar-refractivity contribution in [2.24, 2.45) is 5.11 Å². The summed E-state index contributed by atoms with van der Waals surface area (Å²) in [7, 11) is 0. The van der Waals surface area contributed by atoms with Crippen molar-refractivity contribution in [1.29, 1.82) is 0 Å². The zero-order valence-corrected chi connectivity index (χ0v) is 7.21. The third kappa shape index (κ3) is 8.61. The highest BCUT2D eigenvalue weighted by Crippen LogP contribution is 1.92. The van der Waals surface area contributed by atoms with Gasteiger partial charge in [-0.2, -0.15) is 0 Å². The van der Waals surface area contributed by atoms with Crippen LogP contribution < -0.4 is 0 Å². The molecule has 1 atom stereocenters. The number of ether oxygens (including phenoxy) is 2. The minimum Gasteiger partial charge on any atom is -0.480 e. The molecule has 7 nitrogen and oxygen atoms in total. The minimum absolute atomic E-state index is 0.164. The van der Waals surface area contributed by atoms with Crippen LogP contribution in [0.4, 0.5) is 0 Å². The van der Waals surface area contributed by atoms with Gasteiger partial charge in [0.2, 0.25) is 0 Å². The molecule has 0 heterocycles. The van der Waals surface area contributed by atoms with E-state index in [1.54, 1.807) is 6.92 Å². The summed E-state index contributed by atoms with van der Waals surface area (Å²) in [5.41, 5.74) is 7.98. The Morgan fingerprint density at radius 2 is 2.38 bits per heavy atom. The van der Waals surface area contributed by atoms with Crippen LogP contribution in [0, 0.1) is 0 Å². The van der Waals surface area contributed by atoms with Crippen molar-refractivity contribution < 1.29 is 19.4 Å². The predicted octanol–water partition coefficient (Wildman–Crippen LogP) is 0.760. The first kappa shape index (κ1) is 11.7. The van der Waals surface area contributed by atoms with Gasteiger partial charge in [0, 0.05) is 4.91 Å². The number of azide groups is 1. The SMILES string of the molecule is C[C@H](N=[N+]=[N-])OCCOCC(=O)O. The maximum Gasteiger partial charge on any atom is 0.329 e. The molecule has 0 aliphatic heterocycles. The minimum atomic E-state index is -1.02. The zero-order valence-electron chi connectivity index (χ0n) is 7.21. The van der Waals surface area contributed by atoms with Crippen molar-refractivity contribution in [3.8, 4) is 0 Å². The average molecular weight is 189 g/mol. The number of hydrogen-bond acceptors (Lipinski definition) is 4. The fraction of sp³-hybridized carbons (Fsp3) is 0.833. The molecular weight excluding hydrogens is 178 g/mol. The van der Waals surface area contributed by atoms with Gasteiger partial charge in [0.25, 0.3) is 0 Å². The van der Waals surface area contributed by atoms with E-state index in [0.29, 0.717) is 0 Å². The van der Waals surface area contributed by atoms with Crippen molar-refractivity contribution in [3.05, 3.63) is 10.4 Å². The summed E-state index contributed by atoms with van der Waals surface area (Å²) >= 11 is 0. The van der Waals surface area contributed by atoms with Crippen molar-refractivity contribution in [3.63, 3.8) is 0 Å². The van der Waals surface area contributed by atoms with Crippen molar-refractivity contribution in [1.82, 2.24) is 0 Å². The maximum atomic E-state index is 9.97. The van der Waals surface area contributed by atoms with E-state index in [4.69, 9.17) is 15.4 Å². The second kappa shape index (κ2) is 7.35. The van der Waals surface area contributed by atoms with E-state index >= 15 is 0 Å². The predicted molar refractivity (Wildman–Crippen MR) is 43.0 cm³/mol. The Hall–Kier alpha value is -1.30. The zero-order chi connectivity index (χ0) is 10.1. The molecule has 0 aliphatic rings. The highest BCUT2D eigenvalue weighted by Gasteiger charge is 1.98. The lowest BCUT2D eigenvalue weighted by molar-refractivity contribution is -0.142. The van der Waals surface area contributed by atoms with E-state index in [-0.39, 0.29) is 19.8 Å². The third-order valence-corrected chi connectivity index (χ3v) is 1.03. The van der Waals surface area contributed by atoms with Gasteiger partial charge in [-0.3, -0.25) is 0 Å². The van der Waals surface area contributed by atoms with Crippen LogP contribution in [-0.2, 0) is 14.3 Å². The molecule has 7 heteroatoms. The molecule has 0 aromatic carbocycles. The van der Waals surface area contributed by atoms with E-state index in [2.05, 4.69) is 14.8 Å². The van der Waals surface area contributed by atoms with Gasteiger partial charge in [0.05, 0.1) is 13.2 Å². The Kier molecular flexibility index (Phi) is 6.62. The van der Waals surface area contributed by atoms with E-state index in [1.807, 2.05) is 0 Å². The molecule has 0 unspecified atom stereocenters. The summed E-state index contributed by atoms with van der Waals surface area (Å²) < 4.78 is 9.59. The summed E-state index contributed by atoms with van der Waals surface area (Å²) in [4.78, 5) is 12.5. The second-order valence-corrected chi connectivity index (χ2v) is 2.12. The molecule has 0 amide bonds. The standard InChI is InChI=1S/C6H11N3O4/c1-5(8-9-7)13-3-2-12-4-6(10)11/h5H,2-4H2,1H3,(H,10,11)/t5-/m1/s1. The number of nitrogens with zero attached hydrogens (tertiary/aromatic N) is 3. The molecule has 0 saturated heterocycles. The first-order valence-electron chi connectivity index (χ1n) is 3.62. The molecule has 0 rings (SSSR count). The number of aliphatic carboxylic acids is 1. The highest BCUT2D eigenvalue weighted by molar-refractivity contribution is 5.67. The van der Waals surface area contributed by atoms with Crippen molar-refractivity contribution >= 4 is 5.97 Å². The normalized spacial score (nSPS) is 11.8. The number of rotatable bonds is 7. The van der Waals surface area contributed by atoms with Crippen LogP contribution in [0.2, 0.25) is 0 Å². The van der Waals surface area contributed by atoms with Gasteiger partial charge >= 0.3 is 5.97 Å². The molecule has 0 spiro atoms. The molecular formula is C6H11N3O4. The number of carboxylic acids is 1. The molecule has 0 aliphatic carbocycles. The third-order valence-electron chi connectivity index (χ3n) is 1.03.